The van der Waals surface area contributed by atoms with E-state index >= 15 is 0 Å². The van der Waals surface area contributed by atoms with Gasteiger partial charge in [0.2, 0.25) is 0 Å². The number of amides is 1. The number of rotatable bonds is 5. The molecule has 0 saturated carbocycles. The molecule has 0 saturated heterocycles. The minimum atomic E-state index is -0.760. The summed E-state index contributed by atoms with van der Waals surface area (Å²) in [5.41, 5.74) is -0.452. The minimum absolute atomic E-state index is 0.0128. The van der Waals surface area contributed by atoms with Gasteiger partial charge in [0.05, 0.1) is 30.4 Å². The summed E-state index contributed by atoms with van der Waals surface area (Å²) < 4.78 is 9.58. The van der Waals surface area contributed by atoms with Gasteiger partial charge in [0.15, 0.2) is 0 Å². The Kier molecular flexibility index (Phi) is 4.52. The SMILES string of the molecule is COC(=O)c1cc(C(=O)NCc2ccco2)cc([N+](=O)[O-])c1. The second-order valence-corrected chi connectivity index (χ2v) is 4.28. The third-order valence-electron chi connectivity index (χ3n) is 2.82. The Morgan fingerprint density at radius 3 is 2.64 bits per heavy atom. The lowest BCUT2D eigenvalue weighted by atomic mass is 10.1. The Bertz CT molecular complexity index is 708. The molecule has 0 aliphatic carbocycles. The average Bonchev–Trinajstić information content (AvgIpc) is 3.04. The van der Waals surface area contributed by atoms with Gasteiger partial charge >= 0.3 is 5.97 Å². The van der Waals surface area contributed by atoms with E-state index in [2.05, 4.69) is 10.1 Å². The molecule has 1 N–H and O–H groups in total. The number of carbonyl (C=O) groups excluding carboxylic acids is 2. The molecular weight excluding hydrogens is 292 g/mol. The summed E-state index contributed by atoms with van der Waals surface area (Å²) in [6.07, 6.45) is 1.46. The van der Waals surface area contributed by atoms with Crippen molar-refractivity contribution < 1.29 is 23.7 Å². The molecule has 0 aliphatic heterocycles. The van der Waals surface area contributed by atoms with E-state index < -0.39 is 16.8 Å². The molecule has 8 nitrogen and oxygen atoms in total. The number of nitrogens with zero attached hydrogens (tertiary/aromatic N) is 1. The zero-order valence-corrected chi connectivity index (χ0v) is 11.6. The van der Waals surface area contributed by atoms with Gasteiger partial charge in [-0.1, -0.05) is 0 Å². The highest BCUT2D eigenvalue weighted by atomic mass is 16.6. The van der Waals surface area contributed by atoms with E-state index in [-0.39, 0.29) is 23.4 Å². The summed E-state index contributed by atoms with van der Waals surface area (Å²) in [5, 5.41) is 13.4. The van der Waals surface area contributed by atoms with Crippen LogP contribution in [0, 0.1) is 10.1 Å². The number of esters is 1. The molecule has 1 aromatic heterocycles. The van der Waals surface area contributed by atoms with Crippen molar-refractivity contribution in [3.63, 3.8) is 0 Å². The molecule has 0 spiro atoms. The molecule has 1 aromatic carbocycles. The molecule has 0 bridgehead atoms. The Balaban J connectivity index is 2.24. The summed E-state index contributed by atoms with van der Waals surface area (Å²) >= 11 is 0. The van der Waals surface area contributed by atoms with E-state index in [0.29, 0.717) is 5.76 Å². The molecule has 8 heteroatoms. The number of hydrogen-bond acceptors (Lipinski definition) is 6. The highest BCUT2D eigenvalue weighted by Crippen LogP contribution is 2.18. The lowest BCUT2D eigenvalue weighted by Gasteiger charge is -2.06. The molecule has 0 atom stereocenters. The van der Waals surface area contributed by atoms with Crippen molar-refractivity contribution in [2.75, 3.05) is 7.11 Å². The predicted octanol–water partition coefficient (Wildman–Crippen LogP) is 1.90. The topological polar surface area (TPSA) is 112 Å². The van der Waals surface area contributed by atoms with Gasteiger partial charge in [0, 0.05) is 17.7 Å². The van der Waals surface area contributed by atoms with Crippen molar-refractivity contribution >= 4 is 17.6 Å². The number of benzene rings is 1. The molecular formula is C14H12N2O6. The number of ether oxygens (including phenoxy) is 1. The van der Waals surface area contributed by atoms with Crippen LogP contribution in [-0.4, -0.2) is 23.9 Å². The average molecular weight is 304 g/mol. The van der Waals surface area contributed by atoms with Crippen molar-refractivity contribution in [3.8, 4) is 0 Å². The van der Waals surface area contributed by atoms with E-state index in [4.69, 9.17) is 4.42 Å². The first-order valence-corrected chi connectivity index (χ1v) is 6.19. The first-order valence-electron chi connectivity index (χ1n) is 6.19. The van der Waals surface area contributed by atoms with Crippen LogP contribution in [0.3, 0.4) is 0 Å². The third-order valence-corrected chi connectivity index (χ3v) is 2.82. The molecule has 1 heterocycles. The molecule has 0 fully saturated rings. The van der Waals surface area contributed by atoms with Gasteiger partial charge in [-0.2, -0.15) is 0 Å². The fourth-order valence-corrected chi connectivity index (χ4v) is 1.77. The summed E-state index contributed by atoms with van der Waals surface area (Å²) in [5.74, 6) is -0.791. The first-order chi connectivity index (χ1) is 10.5. The molecule has 114 valence electrons. The van der Waals surface area contributed by atoms with E-state index in [9.17, 15) is 19.7 Å². The van der Waals surface area contributed by atoms with Crippen molar-refractivity contribution in [3.05, 3.63) is 63.6 Å². The van der Waals surface area contributed by atoms with Crippen LogP contribution in [0.4, 0.5) is 5.69 Å². The predicted molar refractivity (Wildman–Crippen MR) is 74.3 cm³/mol. The molecule has 0 aliphatic rings. The van der Waals surface area contributed by atoms with Gasteiger partial charge in [-0.25, -0.2) is 4.79 Å². The standard InChI is InChI=1S/C14H12N2O6/c1-21-14(18)10-5-9(6-11(7-10)16(19)20)13(17)15-8-12-3-2-4-22-12/h2-7H,8H2,1H3,(H,15,17). The zero-order chi connectivity index (χ0) is 16.1. The molecule has 22 heavy (non-hydrogen) atoms. The van der Waals surface area contributed by atoms with Crippen molar-refractivity contribution in [2.24, 2.45) is 0 Å². The second-order valence-electron chi connectivity index (χ2n) is 4.28. The number of nitro benzene ring substituents is 1. The molecule has 0 radical (unpaired) electrons. The van der Waals surface area contributed by atoms with Crippen LogP contribution in [-0.2, 0) is 11.3 Å². The molecule has 0 unspecified atom stereocenters. The van der Waals surface area contributed by atoms with Gasteiger partial charge in [-0.15, -0.1) is 0 Å². The van der Waals surface area contributed by atoms with E-state index in [1.807, 2.05) is 0 Å². The Morgan fingerprint density at radius 1 is 1.32 bits per heavy atom. The summed E-state index contributed by atoms with van der Waals surface area (Å²) in [6.45, 7) is 0.127. The van der Waals surface area contributed by atoms with Crippen LogP contribution in [0.2, 0.25) is 0 Å². The number of nitro groups is 1. The van der Waals surface area contributed by atoms with Crippen molar-refractivity contribution in [2.45, 2.75) is 6.54 Å². The lowest BCUT2D eigenvalue weighted by molar-refractivity contribution is -0.384. The summed E-state index contributed by atoms with van der Waals surface area (Å²) in [6, 6.07) is 6.72. The second kappa shape index (κ2) is 6.53. The third kappa shape index (κ3) is 3.48. The Labute approximate surface area is 124 Å². The number of carbonyl (C=O) groups is 2. The van der Waals surface area contributed by atoms with Crippen LogP contribution in [0.5, 0.6) is 0 Å². The fourth-order valence-electron chi connectivity index (χ4n) is 1.77. The maximum Gasteiger partial charge on any atom is 0.338 e. The summed E-state index contributed by atoms with van der Waals surface area (Å²) in [4.78, 5) is 33.8. The zero-order valence-electron chi connectivity index (χ0n) is 11.6. The number of non-ortho nitro benzene ring substituents is 1. The summed E-state index contributed by atoms with van der Waals surface area (Å²) in [7, 11) is 1.15. The quantitative estimate of drug-likeness (QED) is 0.513. The van der Waals surface area contributed by atoms with E-state index in [1.54, 1.807) is 12.1 Å². The van der Waals surface area contributed by atoms with Gasteiger partial charge in [0.1, 0.15) is 5.76 Å². The number of methoxy groups -OCH3 is 1. The molecule has 1 amide bonds. The van der Waals surface area contributed by atoms with Crippen molar-refractivity contribution in [1.29, 1.82) is 0 Å². The molecule has 2 aromatic rings. The number of hydrogen-bond donors (Lipinski definition) is 1. The Hall–Kier alpha value is -3.16. The maximum atomic E-state index is 12.1. The van der Waals surface area contributed by atoms with Crippen molar-refractivity contribution in [1.82, 2.24) is 5.32 Å². The smallest absolute Gasteiger partial charge is 0.338 e. The molecule has 2 rings (SSSR count). The van der Waals surface area contributed by atoms with Gasteiger partial charge in [0.25, 0.3) is 11.6 Å². The fraction of sp³-hybridized carbons (Fsp3) is 0.143. The van der Waals surface area contributed by atoms with Crippen LogP contribution >= 0.6 is 0 Å². The number of furan rings is 1. The van der Waals surface area contributed by atoms with E-state index in [0.717, 1.165) is 19.2 Å². The first kappa shape index (κ1) is 15.2. The van der Waals surface area contributed by atoms with Crippen LogP contribution in [0.15, 0.2) is 41.0 Å². The van der Waals surface area contributed by atoms with Crippen LogP contribution in [0.25, 0.3) is 0 Å². The monoisotopic (exact) mass is 304 g/mol. The minimum Gasteiger partial charge on any atom is -0.467 e. The van der Waals surface area contributed by atoms with Crippen LogP contribution in [0.1, 0.15) is 26.5 Å². The normalized spacial score (nSPS) is 10.0. The largest absolute Gasteiger partial charge is 0.467 e. The van der Waals surface area contributed by atoms with Gasteiger partial charge in [-0.05, 0) is 18.2 Å². The van der Waals surface area contributed by atoms with Gasteiger partial charge in [-0.3, -0.25) is 14.9 Å². The highest BCUT2D eigenvalue weighted by molar-refractivity contribution is 5.98. The van der Waals surface area contributed by atoms with E-state index in [1.165, 1.54) is 12.3 Å². The lowest BCUT2D eigenvalue weighted by Crippen LogP contribution is -2.23. The highest BCUT2D eigenvalue weighted by Gasteiger charge is 2.18. The van der Waals surface area contributed by atoms with Crippen LogP contribution < -0.4 is 5.32 Å². The number of nitrogens with one attached hydrogen (secondary N) is 1. The Morgan fingerprint density at radius 2 is 2.05 bits per heavy atom. The maximum absolute atomic E-state index is 12.1. The van der Waals surface area contributed by atoms with Gasteiger partial charge < -0.3 is 14.5 Å².